The third-order valence-corrected chi connectivity index (χ3v) is 2.81. The number of tetrazole rings is 1. The predicted octanol–water partition coefficient (Wildman–Crippen LogP) is 1.47. The molecule has 0 atom stereocenters. The van der Waals surface area contributed by atoms with E-state index in [0.29, 0.717) is 5.95 Å². The Labute approximate surface area is 112 Å². The van der Waals surface area contributed by atoms with E-state index in [1.165, 1.54) is 0 Å². The molecule has 1 aromatic carbocycles. The molecule has 0 radical (unpaired) electrons. The van der Waals surface area contributed by atoms with Gasteiger partial charge in [-0.15, -0.1) is 5.10 Å². The molecule has 0 unspecified atom stereocenters. The summed E-state index contributed by atoms with van der Waals surface area (Å²) in [6, 6.07) is 5.97. The van der Waals surface area contributed by atoms with E-state index in [2.05, 4.69) is 47.1 Å². The molecule has 0 saturated carbocycles. The van der Waals surface area contributed by atoms with Gasteiger partial charge in [0.2, 0.25) is 0 Å². The Bertz CT molecular complexity index is 535. The second-order valence-corrected chi connectivity index (χ2v) is 4.57. The molecule has 8 heteroatoms. The van der Waals surface area contributed by atoms with Crippen molar-refractivity contribution in [3.05, 3.63) is 28.2 Å². The Morgan fingerprint density at radius 3 is 2.89 bits per heavy atom. The first-order valence-electron chi connectivity index (χ1n) is 5.16. The highest BCUT2D eigenvalue weighted by Crippen LogP contribution is 2.25. The minimum absolute atomic E-state index is 0.329. The molecule has 2 N–H and O–H groups in total. The Morgan fingerprint density at radius 2 is 2.28 bits per heavy atom. The summed E-state index contributed by atoms with van der Waals surface area (Å²) in [6.07, 6.45) is 1.68. The van der Waals surface area contributed by atoms with E-state index in [9.17, 15) is 0 Å². The Kier molecular flexibility index (Phi) is 3.88. The summed E-state index contributed by atoms with van der Waals surface area (Å²) < 4.78 is 1.01. The molecule has 0 aliphatic carbocycles. The fourth-order valence-corrected chi connectivity index (χ4v) is 2.09. The van der Waals surface area contributed by atoms with Crippen LogP contribution in [0.4, 0.5) is 11.6 Å². The third-order valence-electron chi connectivity index (χ3n) is 2.18. The topological polar surface area (TPSA) is 82.1 Å². The van der Waals surface area contributed by atoms with Gasteiger partial charge < -0.3 is 4.90 Å². The first-order valence-corrected chi connectivity index (χ1v) is 5.95. The highest BCUT2D eigenvalue weighted by molar-refractivity contribution is 9.10. The summed E-state index contributed by atoms with van der Waals surface area (Å²) in [7, 11) is 3.98. The highest BCUT2D eigenvalue weighted by atomic mass is 79.9. The number of hydrogen-bond donors (Lipinski definition) is 2. The maximum atomic E-state index is 4.01. The molecule has 0 amide bonds. The van der Waals surface area contributed by atoms with E-state index in [1.54, 1.807) is 6.21 Å². The number of hydrazone groups is 1. The van der Waals surface area contributed by atoms with E-state index in [0.717, 1.165) is 15.7 Å². The van der Waals surface area contributed by atoms with Crippen LogP contribution in [-0.4, -0.2) is 40.9 Å². The Balaban J connectivity index is 2.06. The second-order valence-electron chi connectivity index (χ2n) is 3.71. The van der Waals surface area contributed by atoms with Crippen LogP contribution in [0, 0.1) is 0 Å². The van der Waals surface area contributed by atoms with Gasteiger partial charge in [-0.3, -0.25) is 0 Å². The van der Waals surface area contributed by atoms with Crippen molar-refractivity contribution < 1.29 is 0 Å². The molecule has 0 spiro atoms. The van der Waals surface area contributed by atoms with Crippen LogP contribution >= 0.6 is 15.9 Å². The maximum Gasteiger partial charge on any atom is 0.283 e. The summed E-state index contributed by atoms with van der Waals surface area (Å²) in [4.78, 5) is 2.03. The Hall–Kier alpha value is -1.96. The SMILES string of the molecule is CN(C)c1ccc(C=NNc2nn[nH]n2)cc1Br. The zero-order valence-electron chi connectivity index (χ0n) is 9.92. The number of hydrogen-bond acceptors (Lipinski definition) is 6. The molecule has 0 saturated heterocycles. The minimum atomic E-state index is 0.329. The summed E-state index contributed by atoms with van der Waals surface area (Å²) in [6.45, 7) is 0. The van der Waals surface area contributed by atoms with Crippen molar-refractivity contribution in [2.24, 2.45) is 5.10 Å². The molecule has 1 heterocycles. The van der Waals surface area contributed by atoms with Crippen molar-refractivity contribution in [2.75, 3.05) is 24.4 Å². The number of aromatic amines is 1. The van der Waals surface area contributed by atoms with Crippen molar-refractivity contribution in [1.29, 1.82) is 0 Å². The zero-order chi connectivity index (χ0) is 13.0. The first-order chi connectivity index (χ1) is 8.66. The normalized spacial score (nSPS) is 10.8. The Morgan fingerprint density at radius 1 is 1.44 bits per heavy atom. The van der Waals surface area contributed by atoms with Gasteiger partial charge in [-0.1, -0.05) is 11.2 Å². The van der Waals surface area contributed by atoms with Gasteiger partial charge in [0.15, 0.2) is 0 Å². The van der Waals surface area contributed by atoms with Crippen molar-refractivity contribution in [2.45, 2.75) is 0 Å². The largest absolute Gasteiger partial charge is 0.377 e. The molecule has 94 valence electrons. The lowest BCUT2D eigenvalue weighted by molar-refractivity contribution is 0.881. The zero-order valence-corrected chi connectivity index (χ0v) is 11.5. The third kappa shape index (κ3) is 3.04. The molecule has 1 aromatic heterocycles. The fraction of sp³-hybridized carbons (Fsp3) is 0.200. The standard InChI is InChI=1S/C10H12BrN7/c1-18(2)9-4-3-7(5-8(9)11)6-12-13-10-14-16-17-15-10/h3-6H,1-2H3,(H2,13,14,15,16,17). The number of H-pyrrole nitrogens is 1. The smallest absolute Gasteiger partial charge is 0.283 e. The van der Waals surface area contributed by atoms with Gasteiger partial charge in [-0.05, 0) is 38.8 Å². The number of benzene rings is 1. The average Bonchev–Trinajstić information content (AvgIpc) is 2.81. The van der Waals surface area contributed by atoms with Gasteiger partial charge in [0.25, 0.3) is 5.95 Å². The lowest BCUT2D eigenvalue weighted by atomic mass is 10.2. The maximum absolute atomic E-state index is 4.01. The van der Waals surface area contributed by atoms with Gasteiger partial charge in [0.1, 0.15) is 0 Å². The minimum Gasteiger partial charge on any atom is -0.377 e. The van der Waals surface area contributed by atoms with Crippen molar-refractivity contribution >= 4 is 33.8 Å². The van der Waals surface area contributed by atoms with Crippen LogP contribution in [0.3, 0.4) is 0 Å². The number of rotatable bonds is 4. The predicted molar refractivity (Wildman–Crippen MR) is 73.9 cm³/mol. The lowest BCUT2D eigenvalue weighted by Crippen LogP contribution is -2.09. The summed E-state index contributed by atoms with van der Waals surface area (Å²) in [5.74, 6) is 0.329. The van der Waals surface area contributed by atoms with Gasteiger partial charge in [-0.25, -0.2) is 5.43 Å². The van der Waals surface area contributed by atoms with Crippen molar-refractivity contribution in [3.8, 4) is 0 Å². The van der Waals surface area contributed by atoms with Crippen molar-refractivity contribution in [3.63, 3.8) is 0 Å². The van der Waals surface area contributed by atoms with Gasteiger partial charge in [0.05, 0.1) is 11.9 Å². The molecule has 0 aliphatic heterocycles. The number of halogens is 1. The van der Waals surface area contributed by atoms with E-state index < -0.39 is 0 Å². The quantitative estimate of drug-likeness (QED) is 0.660. The molecule has 18 heavy (non-hydrogen) atoms. The summed E-state index contributed by atoms with van der Waals surface area (Å²) in [5, 5.41) is 17.2. The van der Waals surface area contributed by atoms with E-state index >= 15 is 0 Å². The van der Waals surface area contributed by atoms with Crippen LogP contribution in [0.5, 0.6) is 0 Å². The van der Waals surface area contributed by atoms with Crippen LogP contribution in [0.2, 0.25) is 0 Å². The molecule has 0 bridgehead atoms. The van der Waals surface area contributed by atoms with Crippen LogP contribution in [0.25, 0.3) is 0 Å². The van der Waals surface area contributed by atoms with Crippen LogP contribution < -0.4 is 10.3 Å². The number of nitrogens with one attached hydrogen (secondary N) is 2. The number of anilines is 2. The van der Waals surface area contributed by atoms with Crippen LogP contribution in [-0.2, 0) is 0 Å². The van der Waals surface area contributed by atoms with Gasteiger partial charge >= 0.3 is 0 Å². The van der Waals surface area contributed by atoms with Gasteiger partial charge in [-0.2, -0.15) is 10.3 Å². The average molecular weight is 310 g/mol. The van der Waals surface area contributed by atoms with Crippen molar-refractivity contribution in [1.82, 2.24) is 20.6 Å². The fourth-order valence-electron chi connectivity index (χ4n) is 1.34. The summed E-state index contributed by atoms with van der Waals surface area (Å²) in [5.41, 5.74) is 4.73. The van der Waals surface area contributed by atoms with Gasteiger partial charge in [0, 0.05) is 18.6 Å². The molecule has 7 nitrogen and oxygen atoms in total. The molecule has 2 rings (SSSR count). The van der Waals surface area contributed by atoms with Crippen LogP contribution in [0.1, 0.15) is 5.56 Å². The molecule has 0 fully saturated rings. The highest BCUT2D eigenvalue weighted by Gasteiger charge is 2.02. The second kappa shape index (κ2) is 5.58. The monoisotopic (exact) mass is 309 g/mol. The van der Waals surface area contributed by atoms with E-state index in [-0.39, 0.29) is 0 Å². The molecular weight excluding hydrogens is 298 g/mol. The number of aromatic nitrogens is 4. The van der Waals surface area contributed by atoms with Crippen LogP contribution in [0.15, 0.2) is 27.8 Å². The first kappa shape index (κ1) is 12.5. The van der Waals surface area contributed by atoms with E-state index in [4.69, 9.17) is 0 Å². The molecule has 2 aromatic rings. The number of nitrogens with zero attached hydrogens (tertiary/aromatic N) is 5. The van der Waals surface area contributed by atoms with E-state index in [1.807, 2.05) is 37.2 Å². The molecular formula is C10H12BrN7. The summed E-state index contributed by atoms with van der Waals surface area (Å²) >= 11 is 3.51. The lowest BCUT2D eigenvalue weighted by Gasteiger charge is -2.14. The molecule has 0 aliphatic rings.